The van der Waals surface area contributed by atoms with Gasteiger partial charge >= 0.3 is 0 Å². The summed E-state index contributed by atoms with van der Waals surface area (Å²) in [5, 5.41) is 0. The van der Waals surface area contributed by atoms with E-state index in [4.69, 9.17) is 4.74 Å². The first-order valence-electron chi connectivity index (χ1n) is 14.0. The highest BCUT2D eigenvalue weighted by Gasteiger charge is 2.96. The molecule has 5 heteroatoms. The van der Waals surface area contributed by atoms with Gasteiger partial charge < -0.3 is 4.74 Å². The molecule has 194 valence electrons. The molecule has 3 aromatic rings. The number of hydrogen-bond acceptors (Lipinski definition) is 3. The van der Waals surface area contributed by atoms with E-state index in [0.29, 0.717) is 24.6 Å². The Labute approximate surface area is 218 Å². The first kappa shape index (κ1) is 24.5. The summed E-state index contributed by atoms with van der Waals surface area (Å²) in [5.74, 6) is -0.938. The highest BCUT2D eigenvalue weighted by Crippen LogP contribution is 2.95. The molecule has 6 rings (SSSR count). The molecule has 3 aliphatic carbocycles. The summed E-state index contributed by atoms with van der Waals surface area (Å²) in [5.41, 5.74) is 3.94. The average Bonchev–Trinajstić information content (AvgIpc) is 3.86. The molecule has 0 aliphatic heterocycles. The number of nitrogens with zero attached hydrogens (tertiary/aromatic N) is 2. The Morgan fingerprint density at radius 1 is 0.811 bits per heavy atom. The second-order valence-corrected chi connectivity index (χ2v) is 11.5. The molecule has 0 bridgehead atoms. The largest absolute Gasteiger partial charge is 0.490 e. The topological polar surface area (TPSA) is 35.0 Å². The van der Waals surface area contributed by atoms with E-state index in [9.17, 15) is 8.78 Å². The molecule has 0 N–H and O–H groups in total. The fourth-order valence-electron chi connectivity index (χ4n) is 6.48. The van der Waals surface area contributed by atoms with E-state index in [2.05, 4.69) is 53.3 Å². The maximum Gasteiger partial charge on any atom is 0.255 e. The van der Waals surface area contributed by atoms with Crippen molar-refractivity contribution in [3.8, 4) is 28.3 Å². The van der Waals surface area contributed by atoms with Crippen LogP contribution in [0.5, 0.6) is 5.75 Å². The van der Waals surface area contributed by atoms with E-state index in [-0.39, 0.29) is 17.8 Å². The number of alkyl halides is 2. The number of rotatable bonds is 12. The molecule has 1 aromatic heterocycles. The average molecular weight is 503 g/mol. The third-order valence-corrected chi connectivity index (χ3v) is 9.10. The lowest BCUT2D eigenvalue weighted by molar-refractivity contribution is 0.0866. The Kier molecular flexibility index (Phi) is 6.29. The SMILES string of the molecule is CCCCCCCCc1ccc(-c2ccc(-c3ncc(OC[C@H]4C[C@@]45C[C@@]54CC4(F)F)cn3)cc2)cc1. The minimum atomic E-state index is -2.43. The number of benzene rings is 2. The fourth-order valence-corrected chi connectivity index (χ4v) is 6.48. The van der Waals surface area contributed by atoms with Crippen molar-refractivity contribution >= 4 is 0 Å². The van der Waals surface area contributed by atoms with E-state index in [1.165, 1.54) is 55.2 Å². The molecule has 3 aliphatic rings. The third kappa shape index (κ3) is 4.66. The maximum atomic E-state index is 13.6. The van der Waals surface area contributed by atoms with Crippen LogP contribution < -0.4 is 4.74 Å². The predicted octanol–water partition coefficient (Wildman–Crippen LogP) is 8.53. The van der Waals surface area contributed by atoms with E-state index in [1.807, 2.05) is 12.1 Å². The Hall–Kier alpha value is -2.82. The summed E-state index contributed by atoms with van der Waals surface area (Å²) in [7, 11) is 0. The van der Waals surface area contributed by atoms with Crippen LogP contribution in [0.4, 0.5) is 8.78 Å². The Morgan fingerprint density at radius 2 is 1.41 bits per heavy atom. The molecule has 3 atom stereocenters. The van der Waals surface area contributed by atoms with Gasteiger partial charge in [0.2, 0.25) is 0 Å². The molecule has 0 amide bonds. The molecule has 0 unspecified atom stereocenters. The zero-order valence-corrected chi connectivity index (χ0v) is 21.7. The van der Waals surface area contributed by atoms with Crippen LogP contribution in [-0.4, -0.2) is 22.5 Å². The Bertz CT molecular complexity index is 1230. The van der Waals surface area contributed by atoms with Crippen molar-refractivity contribution in [2.45, 2.75) is 77.1 Å². The van der Waals surface area contributed by atoms with Gasteiger partial charge in [-0.1, -0.05) is 87.6 Å². The van der Waals surface area contributed by atoms with Crippen molar-refractivity contribution in [2.75, 3.05) is 6.61 Å². The summed E-state index contributed by atoms with van der Waals surface area (Å²) in [6.45, 7) is 2.74. The number of halogens is 2. The fraction of sp³-hybridized carbons (Fsp3) is 0.500. The third-order valence-electron chi connectivity index (χ3n) is 9.10. The van der Waals surface area contributed by atoms with E-state index in [1.54, 1.807) is 12.4 Å². The molecule has 3 saturated carbocycles. The molecule has 1 heterocycles. The molecule has 0 radical (unpaired) electrons. The van der Waals surface area contributed by atoms with E-state index in [0.717, 1.165) is 18.4 Å². The number of aryl methyl sites for hydroxylation is 1. The molecule has 2 spiro atoms. The zero-order chi connectivity index (χ0) is 25.5. The number of hydrogen-bond donors (Lipinski definition) is 0. The smallest absolute Gasteiger partial charge is 0.255 e. The van der Waals surface area contributed by atoms with Crippen molar-refractivity contribution in [2.24, 2.45) is 16.7 Å². The van der Waals surface area contributed by atoms with E-state index >= 15 is 0 Å². The van der Waals surface area contributed by atoms with Crippen LogP contribution in [-0.2, 0) is 6.42 Å². The zero-order valence-electron chi connectivity index (χ0n) is 21.7. The van der Waals surface area contributed by atoms with Crippen LogP contribution >= 0.6 is 0 Å². The molecule has 3 fully saturated rings. The molecular formula is C32H36F2N2O. The van der Waals surface area contributed by atoms with Gasteiger partial charge in [0.05, 0.1) is 19.0 Å². The van der Waals surface area contributed by atoms with Crippen molar-refractivity contribution in [1.82, 2.24) is 9.97 Å². The van der Waals surface area contributed by atoms with Crippen molar-refractivity contribution in [1.29, 1.82) is 0 Å². The van der Waals surface area contributed by atoms with Gasteiger partial charge in [-0.15, -0.1) is 0 Å². The summed E-state index contributed by atoms with van der Waals surface area (Å²) in [6, 6.07) is 17.2. The Morgan fingerprint density at radius 3 is 2.03 bits per heavy atom. The van der Waals surface area contributed by atoms with Crippen LogP contribution in [0.25, 0.3) is 22.5 Å². The standard InChI is InChI=1S/C32H36F2N2O/c1-2-3-4-5-6-7-8-23-9-11-24(12-10-23)25-13-15-26(16-14-25)29-35-18-28(19-36-29)37-20-27-17-30(27)21-31(30)22-32(31,33)34/h9-16,18-19,27H,2-8,17,20-22H2,1H3/t27-,30-,31-/m1/s1. The van der Waals surface area contributed by atoms with Crippen molar-refractivity contribution in [3.05, 3.63) is 66.5 Å². The molecule has 3 nitrogen and oxygen atoms in total. The number of ether oxygens (including phenoxy) is 1. The number of fused-ring (bicyclic) bond motifs is 1. The number of aromatic nitrogens is 2. The van der Waals surface area contributed by atoms with Gasteiger partial charge in [-0.2, -0.15) is 0 Å². The highest BCUT2D eigenvalue weighted by molar-refractivity contribution is 5.67. The van der Waals surface area contributed by atoms with Gasteiger partial charge in [0.1, 0.15) is 0 Å². The number of unbranched alkanes of at least 4 members (excludes halogenated alkanes) is 5. The quantitative estimate of drug-likeness (QED) is 0.233. The maximum absolute atomic E-state index is 13.6. The molecule has 37 heavy (non-hydrogen) atoms. The minimum absolute atomic E-state index is 0.0810. The van der Waals surface area contributed by atoms with Gasteiger partial charge in [-0.05, 0) is 53.7 Å². The van der Waals surface area contributed by atoms with Gasteiger partial charge in [-0.3, -0.25) is 0 Å². The normalized spacial score (nSPS) is 26.4. The Balaban J connectivity index is 0.981. The van der Waals surface area contributed by atoms with Gasteiger partial charge in [0.15, 0.2) is 11.6 Å². The van der Waals surface area contributed by atoms with Crippen LogP contribution in [0.1, 0.15) is 70.3 Å². The van der Waals surface area contributed by atoms with Crippen LogP contribution in [0.3, 0.4) is 0 Å². The summed E-state index contributed by atoms with van der Waals surface area (Å²) < 4.78 is 33.1. The van der Waals surface area contributed by atoms with Crippen LogP contribution in [0.15, 0.2) is 60.9 Å². The second kappa shape index (κ2) is 9.49. The van der Waals surface area contributed by atoms with Crippen molar-refractivity contribution in [3.63, 3.8) is 0 Å². The second-order valence-electron chi connectivity index (χ2n) is 11.5. The monoisotopic (exact) mass is 502 g/mol. The van der Waals surface area contributed by atoms with Gasteiger partial charge in [0, 0.05) is 17.4 Å². The molecule has 0 saturated heterocycles. The lowest BCUT2D eigenvalue weighted by Crippen LogP contribution is -2.05. The lowest BCUT2D eigenvalue weighted by atomic mass is 10.00. The van der Waals surface area contributed by atoms with Crippen LogP contribution in [0.2, 0.25) is 0 Å². The first-order chi connectivity index (χ1) is 18.0. The molecular weight excluding hydrogens is 466 g/mol. The highest BCUT2D eigenvalue weighted by atomic mass is 19.3. The molecule has 2 aromatic carbocycles. The van der Waals surface area contributed by atoms with E-state index < -0.39 is 11.3 Å². The summed E-state index contributed by atoms with van der Waals surface area (Å²) >= 11 is 0. The summed E-state index contributed by atoms with van der Waals surface area (Å²) in [4.78, 5) is 8.95. The predicted molar refractivity (Wildman–Crippen MR) is 143 cm³/mol. The van der Waals surface area contributed by atoms with Crippen LogP contribution in [0, 0.1) is 16.7 Å². The minimum Gasteiger partial charge on any atom is -0.490 e. The van der Waals surface area contributed by atoms with Gasteiger partial charge in [0.25, 0.3) is 5.92 Å². The van der Waals surface area contributed by atoms with Gasteiger partial charge in [-0.25, -0.2) is 18.7 Å². The lowest BCUT2D eigenvalue weighted by Gasteiger charge is -2.08. The van der Waals surface area contributed by atoms with Crippen molar-refractivity contribution < 1.29 is 13.5 Å². The first-order valence-corrected chi connectivity index (χ1v) is 14.0. The summed E-state index contributed by atoms with van der Waals surface area (Å²) in [6.07, 6.45) is 14.1.